The maximum atomic E-state index is 9.11. The van der Waals surface area contributed by atoms with Crippen LogP contribution in [0.2, 0.25) is 0 Å². The molecule has 4 nitrogen and oxygen atoms in total. The van der Waals surface area contributed by atoms with Gasteiger partial charge in [-0.2, -0.15) is 0 Å². The van der Waals surface area contributed by atoms with Crippen molar-refractivity contribution in [3.8, 4) is 5.75 Å². The molecule has 0 fully saturated rings. The van der Waals surface area contributed by atoms with Crippen LogP contribution in [0.25, 0.3) is 0 Å². The van der Waals surface area contributed by atoms with Crippen molar-refractivity contribution >= 4 is 31.9 Å². The Balaban J connectivity index is 2.70. The lowest BCUT2D eigenvalue weighted by atomic mass is 10.2. The van der Waals surface area contributed by atoms with Crippen LogP contribution in [0.4, 0.5) is 0 Å². The van der Waals surface area contributed by atoms with Crippen molar-refractivity contribution in [1.29, 1.82) is 0 Å². The van der Waals surface area contributed by atoms with Crippen molar-refractivity contribution in [2.45, 2.75) is 26.7 Å². The molecule has 0 amide bonds. The van der Waals surface area contributed by atoms with Gasteiger partial charge in [0.05, 0.1) is 15.6 Å². The highest BCUT2D eigenvalue weighted by molar-refractivity contribution is 9.11. The first-order chi connectivity index (χ1) is 9.12. The molecular weight excluding hydrogens is 380 g/mol. The molecule has 1 aromatic rings. The minimum atomic E-state index is -0.383. The predicted molar refractivity (Wildman–Crippen MR) is 80.3 cm³/mol. The lowest BCUT2D eigenvalue weighted by Crippen LogP contribution is -2.25. The van der Waals surface area contributed by atoms with Crippen LogP contribution in [0.3, 0.4) is 0 Å². The molecule has 0 bridgehead atoms. The van der Waals surface area contributed by atoms with Crippen molar-refractivity contribution in [2.24, 2.45) is 0 Å². The van der Waals surface area contributed by atoms with Crippen LogP contribution in [0, 0.1) is 0 Å². The predicted octanol–water partition coefficient (Wildman–Crippen LogP) is 3.48. The average molecular weight is 398 g/mol. The highest BCUT2D eigenvalue weighted by Crippen LogP contribution is 2.35. The molecule has 0 aromatic heterocycles. The molecule has 0 aliphatic heterocycles. The number of ether oxygens (including phenoxy) is 3. The van der Waals surface area contributed by atoms with Gasteiger partial charge in [0, 0.05) is 13.2 Å². The lowest BCUT2D eigenvalue weighted by molar-refractivity contribution is -0.152. The van der Waals surface area contributed by atoms with E-state index in [1.165, 1.54) is 0 Å². The van der Waals surface area contributed by atoms with Crippen molar-refractivity contribution in [1.82, 2.24) is 0 Å². The van der Waals surface area contributed by atoms with E-state index in [0.29, 0.717) is 25.6 Å². The van der Waals surface area contributed by atoms with Gasteiger partial charge in [-0.3, -0.25) is 0 Å². The molecule has 0 saturated carbocycles. The van der Waals surface area contributed by atoms with Gasteiger partial charge in [-0.05, 0) is 63.4 Å². The molecule has 0 unspecified atom stereocenters. The Labute approximate surface area is 130 Å². The SMILES string of the molecule is CCOC(COc1c(Br)cc(CO)cc1Br)OCC. The highest BCUT2D eigenvalue weighted by atomic mass is 79.9. The number of hydrogen-bond donors (Lipinski definition) is 1. The van der Waals surface area contributed by atoms with E-state index in [0.717, 1.165) is 14.5 Å². The summed E-state index contributed by atoms with van der Waals surface area (Å²) in [6.07, 6.45) is -0.383. The molecule has 0 heterocycles. The van der Waals surface area contributed by atoms with Gasteiger partial charge in [0.15, 0.2) is 6.29 Å². The minimum absolute atomic E-state index is 0.0159. The summed E-state index contributed by atoms with van der Waals surface area (Å²) in [5.41, 5.74) is 0.803. The number of hydrogen-bond acceptors (Lipinski definition) is 4. The second-order valence-electron chi connectivity index (χ2n) is 3.70. The minimum Gasteiger partial charge on any atom is -0.486 e. The Morgan fingerprint density at radius 3 is 2.05 bits per heavy atom. The van der Waals surface area contributed by atoms with Crippen LogP contribution >= 0.6 is 31.9 Å². The van der Waals surface area contributed by atoms with E-state index in [1.807, 2.05) is 26.0 Å². The van der Waals surface area contributed by atoms with Crippen LogP contribution in [-0.4, -0.2) is 31.2 Å². The fourth-order valence-corrected chi connectivity index (χ4v) is 3.02. The summed E-state index contributed by atoms with van der Waals surface area (Å²) in [6, 6.07) is 3.63. The van der Waals surface area contributed by atoms with E-state index in [9.17, 15) is 0 Å². The molecule has 1 aromatic carbocycles. The third kappa shape index (κ3) is 5.39. The fourth-order valence-electron chi connectivity index (χ4n) is 1.51. The largest absolute Gasteiger partial charge is 0.486 e. The summed E-state index contributed by atoms with van der Waals surface area (Å²) in [5, 5.41) is 9.11. The molecule has 0 radical (unpaired) electrons. The Kier molecular flexibility index (Phi) is 7.94. The van der Waals surface area contributed by atoms with Crippen molar-refractivity contribution in [3.05, 3.63) is 26.6 Å². The molecule has 0 atom stereocenters. The van der Waals surface area contributed by atoms with Crippen LogP contribution in [0.1, 0.15) is 19.4 Å². The molecule has 19 heavy (non-hydrogen) atoms. The first-order valence-electron chi connectivity index (χ1n) is 6.07. The van der Waals surface area contributed by atoms with Gasteiger partial charge in [0.1, 0.15) is 12.4 Å². The zero-order valence-corrected chi connectivity index (χ0v) is 14.2. The third-order valence-corrected chi connectivity index (χ3v) is 3.49. The average Bonchev–Trinajstić information content (AvgIpc) is 2.37. The molecular formula is C13H18Br2O4. The van der Waals surface area contributed by atoms with Crippen molar-refractivity contribution in [3.63, 3.8) is 0 Å². The molecule has 1 N–H and O–H groups in total. The van der Waals surface area contributed by atoms with Crippen LogP contribution < -0.4 is 4.74 Å². The van der Waals surface area contributed by atoms with Gasteiger partial charge in [0.2, 0.25) is 0 Å². The molecule has 0 spiro atoms. The standard InChI is InChI=1S/C13H18Br2O4/c1-3-17-12(18-4-2)8-19-13-10(14)5-9(7-16)6-11(13)15/h5-6,12,16H,3-4,7-8H2,1-2H3. The summed E-state index contributed by atoms with van der Waals surface area (Å²) in [6.45, 7) is 5.25. The quantitative estimate of drug-likeness (QED) is 0.682. The monoisotopic (exact) mass is 396 g/mol. The second kappa shape index (κ2) is 8.92. The van der Waals surface area contributed by atoms with Gasteiger partial charge in [-0.25, -0.2) is 0 Å². The number of aliphatic hydroxyl groups excluding tert-OH is 1. The van der Waals surface area contributed by atoms with Crippen LogP contribution in [0.15, 0.2) is 21.1 Å². The van der Waals surface area contributed by atoms with E-state index in [-0.39, 0.29) is 12.9 Å². The normalized spacial score (nSPS) is 11.1. The maximum absolute atomic E-state index is 9.11. The fraction of sp³-hybridized carbons (Fsp3) is 0.538. The molecule has 108 valence electrons. The second-order valence-corrected chi connectivity index (χ2v) is 5.41. The van der Waals surface area contributed by atoms with Crippen LogP contribution in [-0.2, 0) is 16.1 Å². The number of aliphatic hydroxyl groups is 1. The number of benzene rings is 1. The lowest BCUT2D eigenvalue weighted by Gasteiger charge is -2.19. The number of rotatable bonds is 8. The highest BCUT2D eigenvalue weighted by Gasteiger charge is 2.13. The van der Waals surface area contributed by atoms with Gasteiger partial charge < -0.3 is 19.3 Å². The molecule has 6 heteroatoms. The van der Waals surface area contributed by atoms with Crippen molar-refractivity contribution in [2.75, 3.05) is 19.8 Å². The Morgan fingerprint density at radius 1 is 1.11 bits per heavy atom. The molecule has 0 saturated heterocycles. The third-order valence-electron chi connectivity index (χ3n) is 2.31. The zero-order chi connectivity index (χ0) is 14.3. The summed E-state index contributed by atoms with van der Waals surface area (Å²) in [4.78, 5) is 0. The summed E-state index contributed by atoms with van der Waals surface area (Å²) < 4.78 is 18.1. The summed E-state index contributed by atoms with van der Waals surface area (Å²) in [5.74, 6) is 0.668. The zero-order valence-electron chi connectivity index (χ0n) is 11.0. The van der Waals surface area contributed by atoms with Gasteiger partial charge in [0.25, 0.3) is 0 Å². The summed E-state index contributed by atoms with van der Waals surface area (Å²) in [7, 11) is 0. The van der Waals surface area contributed by atoms with E-state index >= 15 is 0 Å². The Morgan fingerprint density at radius 2 is 1.63 bits per heavy atom. The molecule has 0 aliphatic rings. The van der Waals surface area contributed by atoms with Crippen LogP contribution in [0.5, 0.6) is 5.75 Å². The number of halogens is 2. The van der Waals surface area contributed by atoms with Crippen molar-refractivity contribution < 1.29 is 19.3 Å². The van der Waals surface area contributed by atoms with E-state index in [2.05, 4.69) is 31.9 Å². The Hall–Kier alpha value is -0.140. The first-order valence-corrected chi connectivity index (χ1v) is 7.65. The topological polar surface area (TPSA) is 47.9 Å². The molecule has 1 rings (SSSR count). The van der Waals surface area contributed by atoms with Gasteiger partial charge in [-0.15, -0.1) is 0 Å². The Bertz CT molecular complexity index is 369. The smallest absolute Gasteiger partial charge is 0.191 e. The first kappa shape index (κ1) is 16.9. The summed E-state index contributed by atoms with van der Waals surface area (Å²) >= 11 is 6.84. The maximum Gasteiger partial charge on any atom is 0.191 e. The van der Waals surface area contributed by atoms with E-state index in [4.69, 9.17) is 19.3 Å². The molecule has 0 aliphatic carbocycles. The van der Waals surface area contributed by atoms with E-state index in [1.54, 1.807) is 0 Å². The van der Waals surface area contributed by atoms with Gasteiger partial charge >= 0.3 is 0 Å². The van der Waals surface area contributed by atoms with Gasteiger partial charge in [-0.1, -0.05) is 0 Å². The van der Waals surface area contributed by atoms with E-state index < -0.39 is 0 Å².